The number of pyridine rings is 1. The highest BCUT2D eigenvalue weighted by molar-refractivity contribution is 6.33. The van der Waals surface area contributed by atoms with Crippen molar-refractivity contribution >= 4 is 29.0 Å². The molecule has 1 unspecified atom stereocenters. The van der Waals surface area contributed by atoms with Gasteiger partial charge in [0.25, 0.3) is 0 Å². The number of halogens is 5. The normalized spacial score (nSPS) is 13.6. The van der Waals surface area contributed by atoms with Crippen LogP contribution in [0.4, 0.5) is 19.0 Å². The van der Waals surface area contributed by atoms with Crippen LogP contribution in [-0.4, -0.2) is 16.9 Å². The third-order valence-electron chi connectivity index (χ3n) is 3.19. The molecule has 1 heterocycles. The summed E-state index contributed by atoms with van der Waals surface area (Å²) in [6.45, 7) is 4.51. The molecule has 0 saturated heterocycles. The molecule has 2 nitrogen and oxygen atoms in total. The summed E-state index contributed by atoms with van der Waals surface area (Å²) in [5.41, 5.74) is -0.865. The predicted molar refractivity (Wildman–Crippen MR) is 76.5 cm³/mol. The molecule has 0 aliphatic carbocycles. The van der Waals surface area contributed by atoms with E-state index in [4.69, 9.17) is 23.2 Å². The Bertz CT molecular complexity index is 434. The molecule has 0 aromatic carbocycles. The van der Waals surface area contributed by atoms with Crippen molar-refractivity contribution in [3.63, 3.8) is 0 Å². The fourth-order valence-corrected chi connectivity index (χ4v) is 2.55. The van der Waals surface area contributed by atoms with E-state index in [0.29, 0.717) is 12.5 Å². The van der Waals surface area contributed by atoms with E-state index in [9.17, 15) is 13.2 Å². The molecular formula is C13H17Cl2F3N2. The van der Waals surface area contributed by atoms with Gasteiger partial charge in [-0.2, -0.15) is 13.2 Å². The molecule has 1 N–H and O–H groups in total. The first-order valence-electron chi connectivity index (χ1n) is 6.40. The average molecular weight is 329 g/mol. The molecule has 0 spiro atoms. The standard InChI is InChI=1S/C13H17Cl2F3N2/c1-3-8(4-2)11(15)7-20-12-10(14)5-9(6-19-12)13(16,17)18/h5-6,8,11H,3-4,7H2,1-2H3,(H,19,20). The van der Waals surface area contributed by atoms with Gasteiger partial charge < -0.3 is 5.32 Å². The maximum Gasteiger partial charge on any atom is 0.417 e. The number of hydrogen-bond donors (Lipinski definition) is 1. The van der Waals surface area contributed by atoms with Gasteiger partial charge in [-0.1, -0.05) is 38.3 Å². The van der Waals surface area contributed by atoms with Gasteiger partial charge in [0.15, 0.2) is 0 Å². The molecule has 0 radical (unpaired) electrons. The third kappa shape index (κ3) is 4.70. The smallest absolute Gasteiger partial charge is 0.367 e. The van der Waals surface area contributed by atoms with E-state index in [1.54, 1.807) is 0 Å². The minimum absolute atomic E-state index is 0.0618. The van der Waals surface area contributed by atoms with Crippen LogP contribution >= 0.6 is 23.2 Å². The topological polar surface area (TPSA) is 24.9 Å². The van der Waals surface area contributed by atoms with Crippen molar-refractivity contribution in [2.24, 2.45) is 5.92 Å². The summed E-state index contributed by atoms with van der Waals surface area (Å²) in [6, 6.07) is 0.858. The minimum Gasteiger partial charge on any atom is -0.367 e. The quantitative estimate of drug-likeness (QED) is 0.725. The Morgan fingerprint density at radius 2 is 1.90 bits per heavy atom. The average Bonchev–Trinajstić information content (AvgIpc) is 2.37. The fourth-order valence-electron chi connectivity index (χ4n) is 1.88. The van der Waals surface area contributed by atoms with Crippen LogP contribution in [0.1, 0.15) is 32.3 Å². The monoisotopic (exact) mass is 328 g/mol. The first kappa shape index (κ1) is 17.4. The lowest BCUT2D eigenvalue weighted by molar-refractivity contribution is -0.137. The van der Waals surface area contributed by atoms with Crippen molar-refractivity contribution in [3.05, 3.63) is 22.8 Å². The van der Waals surface area contributed by atoms with Crippen LogP contribution in [0.3, 0.4) is 0 Å². The van der Waals surface area contributed by atoms with Crippen molar-refractivity contribution in [1.29, 1.82) is 0 Å². The Kier molecular flexibility index (Phi) is 6.40. The van der Waals surface area contributed by atoms with Gasteiger partial charge in [-0.05, 0) is 12.0 Å². The van der Waals surface area contributed by atoms with E-state index < -0.39 is 11.7 Å². The van der Waals surface area contributed by atoms with Crippen LogP contribution in [0.25, 0.3) is 0 Å². The summed E-state index contributed by atoms with van der Waals surface area (Å²) in [5.74, 6) is 0.564. The van der Waals surface area contributed by atoms with E-state index >= 15 is 0 Å². The Hall–Kier alpha value is -0.680. The molecule has 0 fully saturated rings. The second kappa shape index (κ2) is 7.36. The van der Waals surface area contributed by atoms with Gasteiger partial charge >= 0.3 is 6.18 Å². The lowest BCUT2D eigenvalue weighted by atomic mass is 9.99. The Morgan fingerprint density at radius 3 is 2.35 bits per heavy atom. The number of rotatable bonds is 6. The number of nitrogens with one attached hydrogen (secondary N) is 1. The van der Waals surface area contributed by atoms with E-state index in [-0.39, 0.29) is 16.2 Å². The molecule has 0 amide bonds. The van der Waals surface area contributed by atoms with E-state index in [1.165, 1.54) is 0 Å². The lowest BCUT2D eigenvalue weighted by Crippen LogP contribution is -2.23. The zero-order chi connectivity index (χ0) is 15.3. The van der Waals surface area contributed by atoms with Gasteiger partial charge in [0.1, 0.15) is 5.82 Å². The summed E-state index contributed by atoms with van der Waals surface area (Å²) in [4.78, 5) is 3.71. The lowest BCUT2D eigenvalue weighted by Gasteiger charge is -2.20. The first-order valence-corrected chi connectivity index (χ1v) is 7.21. The van der Waals surface area contributed by atoms with Crippen molar-refractivity contribution in [2.75, 3.05) is 11.9 Å². The number of alkyl halides is 4. The van der Waals surface area contributed by atoms with Crippen molar-refractivity contribution in [2.45, 2.75) is 38.2 Å². The van der Waals surface area contributed by atoms with Gasteiger partial charge in [-0.3, -0.25) is 0 Å². The van der Waals surface area contributed by atoms with Gasteiger partial charge in [-0.15, -0.1) is 11.6 Å². The summed E-state index contributed by atoms with van der Waals surface area (Å²) >= 11 is 12.0. The second-order valence-corrected chi connectivity index (χ2v) is 5.49. The predicted octanol–water partition coefficient (Wildman–Crippen LogP) is 5.21. The van der Waals surface area contributed by atoms with Crippen LogP contribution < -0.4 is 5.32 Å². The van der Waals surface area contributed by atoms with Gasteiger partial charge in [0, 0.05) is 12.7 Å². The van der Waals surface area contributed by atoms with E-state index in [0.717, 1.165) is 25.1 Å². The molecule has 0 aliphatic heterocycles. The summed E-state index contributed by atoms with van der Waals surface area (Å²) in [7, 11) is 0. The van der Waals surface area contributed by atoms with E-state index in [1.807, 2.05) is 13.8 Å². The molecule has 7 heteroatoms. The zero-order valence-corrected chi connectivity index (χ0v) is 12.8. The molecule has 1 aromatic heterocycles. The van der Waals surface area contributed by atoms with Gasteiger partial charge in [-0.25, -0.2) is 4.98 Å². The van der Waals surface area contributed by atoms with Crippen LogP contribution in [0.5, 0.6) is 0 Å². The number of aromatic nitrogens is 1. The number of hydrogen-bond acceptors (Lipinski definition) is 2. The molecular weight excluding hydrogens is 312 g/mol. The summed E-state index contributed by atoms with van der Waals surface area (Å²) in [6.07, 6.45) is -1.80. The van der Waals surface area contributed by atoms with Crippen LogP contribution in [0.2, 0.25) is 5.02 Å². The highest BCUT2D eigenvalue weighted by atomic mass is 35.5. The SMILES string of the molecule is CCC(CC)C(Cl)CNc1ncc(C(F)(F)F)cc1Cl. The largest absolute Gasteiger partial charge is 0.417 e. The van der Waals surface area contributed by atoms with Crippen LogP contribution in [-0.2, 0) is 6.18 Å². The summed E-state index contributed by atoms with van der Waals surface area (Å²) < 4.78 is 37.4. The highest BCUT2D eigenvalue weighted by Gasteiger charge is 2.31. The molecule has 1 rings (SSSR count). The Balaban J connectivity index is 2.70. The van der Waals surface area contributed by atoms with Crippen LogP contribution in [0, 0.1) is 5.92 Å². The molecule has 0 bridgehead atoms. The summed E-state index contributed by atoms with van der Waals surface area (Å²) in [5, 5.41) is 2.72. The Morgan fingerprint density at radius 1 is 1.30 bits per heavy atom. The fraction of sp³-hybridized carbons (Fsp3) is 0.615. The van der Waals surface area contributed by atoms with Crippen LogP contribution in [0.15, 0.2) is 12.3 Å². The maximum absolute atomic E-state index is 12.5. The van der Waals surface area contributed by atoms with Gasteiger partial charge in [0.2, 0.25) is 0 Å². The molecule has 20 heavy (non-hydrogen) atoms. The second-order valence-electron chi connectivity index (χ2n) is 4.53. The zero-order valence-electron chi connectivity index (χ0n) is 11.3. The van der Waals surface area contributed by atoms with Gasteiger partial charge in [0.05, 0.1) is 16.0 Å². The molecule has 1 atom stereocenters. The van der Waals surface area contributed by atoms with E-state index in [2.05, 4.69) is 10.3 Å². The van der Waals surface area contributed by atoms with Crippen molar-refractivity contribution in [3.8, 4) is 0 Å². The number of nitrogens with zero attached hydrogens (tertiary/aromatic N) is 1. The van der Waals surface area contributed by atoms with Crippen molar-refractivity contribution < 1.29 is 13.2 Å². The highest BCUT2D eigenvalue weighted by Crippen LogP contribution is 2.32. The maximum atomic E-state index is 12.5. The molecule has 1 aromatic rings. The molecule has 0 aliphatic rings. The first-order chi connectivity index (χ1) is 9.29. The van der Waals surface area contributed by atoms with Crippen molar-refractivity contribution in [1.82, 2.24) is 4.98 Å². The molecule has 0 saturated carbocycles. The molecule has 114 valence electrons. The third-order valence-corrected chi connectivity index (χ3v) is 3.99. The Labute approximate surface area is 126 Å². The number of anilines is 1. The minimum atomic E-state index is -4.44.